The van der Waals surface area contributed by atoms with E-state index in [1.807, 2.05) is 36.4 Å². The molecule has 4 rings (SSSR count). The summed E-state index contributed by atoms with van der Waals surface area (Å²) in [5.41, 5.74) is 5.08. The Balaban J connectivity index is 1.43. The number of H-pyrrole nitrogens is 1. The summed E-state index contributed by atoms with van der Waals surface area (Å²) >= 11 is 0. The number of hydrogen-bond acceptors (Lipinski definition) is 5. The Morgan fingerprint density at radius 2 is 1.71 bits per heavy atom. The fourth-order valence-corrected chi connectivity index (χ4v) is 4.42. The van der Waals surface area contributed by atoms with E-state index in [0.717, 1.165) is 22.3 Å². The molecule has 2 atom stereocenters. The summed E-state index contributed by atoms with van der Waals surface area (Å²) in [5, 5.41) is 14.4. The van der Waals surface area contributed by atoms with Gasteiger partial charge in [-0.05, 0) is 28.7 Å². The predicted octanol–water partition coefficient (Wildman–Crippen LogP) is 3.23. The minimum Gasteiger partial charge on any atom is -0.481 e. The van der Waals surface area contributed by atoms with Gasteiger partial charge in [0.05, 0.1) is 12.7 Å². The number of nitrogens with zero attached hydrogens (tertiary/aromatic N) is 1. The van der Waals surface area contributed by atoms with Gasteiger partial charge in [-0.15, -0.1) is 0 Å². The van der Waals surface area contributed by atoms with Crippen molar-refractivity contribution >= 4 is 18.0 Å². The molecule has 0 spiro atoms. The van der Waals surface area contributed by atoms with Gasteiger partial charge in [-0.25, -0.2) is 9.78 Å². The van der Waals surface area contributed by atoms with Gasteiger partial charge in [0.15, 0.2) is 0 Å². The maximum absolute atomic E-state index is 12.9. The smallest absolute Gasteiger partial charge is 0.407 e. The molecule has 9 heteroatoms. The van der Waals surface area contributed by atoms with Crippen molar-refractivity contribution in [2.75, 3.05) is 6.61 Å². The van der Waals surface area contributed by atoms with Crippen molar-refractivity contribution in [3.8, 4) is 11.1 Å². The lowest BCUT2D eigenvalue weighted by Gasteiger charge is -2.22. The van der Waals surface area contributed by atoms with Crippen LogP contribution in [0.2, 0.25) is 0 Å². The second-order valence-corrected chi connectivity index (χ2v) is 8.52. The number of ether oxygens (including phenoxy) is 1. The highest BCUT2D eigenvalue weighted by molar-refractivity contribution is 5.86. The van der Waals surface area contributed by atoms with Gasteiger partial charge in [-0.1, -0.05) is 55.5 Å². The van der Waals surface area contributed by atoms with Gasteiger partial charge in [0.2, 0.25) is 5.91 Å². The number of carbonyl (C=O) groups is 3. The van der Waals surface area contributed by atoms with Crippen LogP contribution in [0, 0.1) is 0 Å². The average Bonchev–Trinajstić information content (AvgIpc) is 3.47. The van der Waals surface area contributed by atoms with Gasteiger partial charge in [-0.3, -0.25) is 9.59 Å². The molecule has 182 valence electrons. The van der Waals surface area contributed by atoms with E-state index < -0.39 is 30.1 Å². The number of rotatable bonds is 10. The molecule has 35 heavy (non-hydrogen) atoms. The lowest BCUT2D eigenvalue weighted by molar-refractivity contribution is -0.137. The van der Waals surface area contributed by atoms with Crippen LogP contribution in [-0.2, 0) is 20.7 Å². The van der Waals surface area contributed by atoms with Crippen LogP contribution >= 0.6 is 0 Å². The standard InChI is InChI=1S/C26H28N4O5/c1-2-16(12-24(31)32)29-25(33)23(11-17-13-27-15-28-17)30-26(34)35-14-22-20-9-5-3-7-18(20)19-8-4-6-10-21(19)22/h3-10,13,15-16,22-23H,2,11-12,14H2,1H3,(H,27,28)(H,29,33)(H,30,34)(H,31,32)/t16-,23-/m0/s1. The number of imidazole rings is 1. The molecule has 0 aliphatic heterocycles. The first-order valence-electron chi connectivity index (χ1n) is 11.6. The summed E-state index contributed by atoms with van der Waals surface area (Å²) in [5.74, 6) is -1.60. The molecular weight excluding hydrogens is 448 g/mol. The highest BCUT2D eigenvalue weighted by Crippen LogP contribution is 2.44. The zero-order valence-corrected chi connectivity index (χ0v) is 19.4. The van der Waals surface area contributed by atoms with Crippen LogP contribution in [0.25, 0.3) is 11.1 Å². The van der Waals surface area contributed by atoms with Crippen LogP contribution in [-0.4, -0.2) is 51.7 Å². The van der Waals surface area contributed by atoms with Crippen molar-refractivity contribution < 1.29 is 24.2 Å². The van der Waals surface area contributed by atoms with E-state index in [1.165, 1.54) is 6.33 Å². The number of hydrogen-bond donors (Lipinski definition) is 4. The monoisotopic (exact) mass is 476 g/mol. The van der Waals surface area contributed by atoms with Crippen LogP contribution in [0.1, 0.15) is 42.5 Å². The Hall–Kier alpha value is -4.14. The van der Waals surface area contributed by atoms with E-state index in [0.29, 0.717) is 12.1 Å². The van der Waals surface area contributed by atoms with E-state index in [1.54, 1.807) is 13.1 Å². The number of carboxylic acids is 1. The molecule has 1 aromatic heterocycles. The highest BCUT2D eigenvalue weighted by atomic mass is 16.5. The molecule has 0 radical (unpaired) electrons. The summed E-state index contributed by atoms with van der Waals surface area (Å²) in [6, 6.07) is 14.6. The van der Waals surface area contributed by atoms with Gasteiger partial charge in [-0.2, -0.15) is 0 Å². The molecule has 1 aliphatic carbocycles. The molecule has 2 amide bonds. The summed E-state index contributed by atoms with van der Waals surface area (Å²) in [4.78, 5) is 43.7. The largest absolute Gasteiger partial charge is 0.481 e. The zero-order valence-electron chi connectivity index (χ0n) is 19.4. The number of nitrogens with one attached hydrogen (secondary N) is 3. The molecule has 0 saturated carbocycles. The second kappa shape index (κ2) is 10.9. The number of amides is 2. The minimum absolute atomic E-state index is 0.104. The van der Waals surface area contributed by atoms with Crippen molar-refractivity contribution in [2.24, 2.45) is 0 Å². The van der Waals surface area contributed by atoms with Crippen LogP contribution < -0.4 is 10.6 Å². The molecule has 0 saturated heterocycles. The summed E-state index contributed by atoms with van der Waals surface area (Å²) < 4.78 is 5.59. The molecular formula is C26H28N4O5. The topological polar surface area (TPSA) is 133 Å². The highest BCUT2D eigenvalue weighted by Gasteiger charge is 2.30. The van der Waals surface area contributed by atoms with E-state index >= 15 is 0 Å². The SMILES string of the molecule is CC[C@@H](CC(=O)O)NC(=O)[C@H](Cc1cnc[nH]1)NC(=O)OCC1c2ccccc2-c2ccccc21. The van der Waals surface area contributed by atoms with Crippen LogP contribution in [0.15, 0.2) is 61.1 Å². The minimum atomic E-state index is -1.01. The lowest BCUT2D eigenvalue weighted by atomic mass is 9.98. The van der Waals surface area contributed by atoms with Crippen molar-refractivity contribution in [1.29, 1.82) is 0 Å². The number of carbonyl (C=O) groups excluding carboxylic acids is 2. The number of aromatic nitrogens is 2. The molecule has 0 bridgehead atoms. The van der Waals surface area contributed by atoms with E-state index in [-0.39, 0.29) is 25.4 Å². The van der Waals surface area contributed by atoms with E-state index in [2.05, 4.69) is 32.7 Å². The zero-order chi connectivity index (χ0) is 24.8. The number of benzene rings is 2. The maximum atomic E-state index is 12.9. The molecule has 0 unspecified atom stereocenters. The van der Waals surface area contributed by atoms with Gasteiger partial charge in [0.25, 0.3) is 0 Å². The lowest BCUT2D eigenvalue weighted by Crippen LogP contribution is -2.51. The second-order valence-electron chi connectivity index (χ2n) is 8.52. The summed E-state index contributed by atoms with van der Waals surface area (Å²) in [6.45, 7) is 1.91. The predicted molar refractivity (Wildman–Crippen MR) is 129 cm³/mol. The van der Waals surface area contributed by atoms with E-state index in [4.69, 9.17) is 9.84 Å². The quantitative estimate of drug-likeness (QED) is 0.355. The average molecular weight is 477 g/mol. The third-order valence-electron chi connectivity index (χ3n) is 6.19. The third kappa shape index (κ3) is 5.68. The summed E-state index contributed by atoms with van der Waals surface area (Å²) in [7, 11) is 0. The molecule has 1 aliphatic rings. The maximum Gasteiger partial charge on any atom is 0.407 e. The summed E-state index contributed by atoms with van der Waals surface area (Å²) in [6.07, 6.45) is 2.71. The number of fused-ring (bicyclic) bond motifs is 3. The number of aromatic amines is 1. The van der Waals surface area contributed by atoms with Crippen molar-refractivity contribution in [3.63, 3.8) is 0 Å². The van der Waals surface area contributed by atoms with Crippen LogP contribution in [0.5, 0.6) is 0 Å². The van der Waals surface area contributed by atoms with Crippen molar-refractivity contribution in [1.82, 2.24) is 20.6 Å². The fourth-order valence-electron chi connectivity index (χ4n) is 4.42. The Bertz CT molecular complexity index is 1150. The molecule has 3 aromatic rings. The Labute approximate surface area is 202 Å². The fraction of sp³-hybridized carbons (Fsp3) is 0.308. The Kier molecular flexibility index (Phi) is 7.45. The molecule has 9 nitrogen and oxygen atoms in total. The first-order valence-corrected chi connectivity index (χ1v) is 11.6. The normalized spacial score (nSPS) is 13.9. The van der Waals surface area contributed by atoms with Crippen molar-refractivity contribution in [2.45, 2.75) is 44.2 Å². The number of aliphatic carboxylic acids is 1. The van der Waals surface area contributed by atoms with Crippen molar-refractivity contribution in [3.05, 3.63) is 77.9 Å². The first-order chi connectivity index (χ1) is 17.0. The molecule has 0 fully saturated rings. The Morgan fingerprint density at radius 1 is 1.06 bits per heavy atom. The molecule has 2 aromatic carbocycles. The molecule has 4 N–H and O–H groups in total. The van der Waals surface area contributed by atoms with Gasteiger partial charge in [0.1, 0.15) is 12.6 Å². The Morgan fingerprint density at radius 3 is 2.29 bits per heavy atom. The van der Waals surface area contributed by atoms with Gasteiger partial charge < -0.3 is 25.5 Å². The van der Waals surface area contributed by atoms with Crippen LogP contribution in [0.4, 0.5) is 4.79 Å². The van der Waals surface area contributed by atoms with E-state index in [9.17, 15) is 14.4 Å². The van der Waals surface area contributed by atoms with Gasteiger partial charge >= 0.3 is 12.1 Å². The third-order valence-corrected chi connectivity index (χ3v) is 6.19. The molecule has 1 heterocycles. The van der Waals surface area contributed by atoms with Crippen LogP contribution in [0.3, 0.4) is 0 Å². The first kappa shape index (κ1) is 24.0. The number of alkyl carbamates (subject to hydrolysis) is 1. The number of carboxylic acid groups (broad SMARTS) is 1. The van der Waals surface area contributed by atoms with Gasteiger partial charge in [0, 0.05) is 30.3 Å².